The maximum atomic E-state index is 13.3. The molecule has 0 fully saturated rings. The molecule has 3 aromatic rings. The molecule has 4 rings (SSSR count). The molecule has 2 N–H and O–H groups in total. The van der Waals surface area contributed by atoms with E-state index in [4.69, 9.17) is 17.3 Å². The minimum Gasteiger partial charge on any atom is -0.367 e. The number of halogens is 2. The van der Waals surface area contributed by atoms with Crippen molar-refractivity contribution in [1.29, 1.82) is 0 Å². The molecule has 0 amide bonds. The Kier molecular flexibility index (Phi) is 6.81. The van der Waals surface area contributed by atoms with Crippen LogP contribution in [-0.4, -0.2) is 31.6 Å². The van der Waals surface area contributed by atoms with Gasteiger partial charge in [-0.1, -0.05) is 72.3 Å². The number of hydrogen-bond acceptors (Lipinski definition) is 3. The van der Waals surface area contributed by atoms with E-state index in [2.05, 4.69) is 16.1 Å². The van der Waals surface area contributed by atoms with Crippen LogP contribution in [0.15, 0.2) is 101 Å². The second kappa shape index (κ2) is 9.79. The fraction of sp³-hybridized carbons (Fsp3) is 0.120. The van der Waals surface area contributed by atoms with Gasteiger partial charge in [0.15, 0.2) is 0 Å². The summed E-state index contributed by atoms with van der Waals surface area (Å²) >= 11 is 6.04. The molecular formula is C25H22ClFN4O2S. The van der Waals surface area contributed by atoms with E-state index in [1.807, 2.05) is 42.5 Å². The Morgan fingerprint density at radius 3 is 2.38 bits per heavy atom. The molecule has 1 aliphatic rings. The summed E-state index contributed by atoms with van der Waals surface area (Å²) in [7, 11) is -4.15. The van der Waals surface area contributed by atoms with Crippen molar-refractivity contribution in [3.05, 3.63) is 119 Å². The van der Waals surface area contributed by atoms with E-state index in [0.717, 1.165) is 16.8 Å². The van der Waals surface area contributed by atoms with Crippen molar-refractivity contribution in [2.75, 3.05) is 6.54 Å². The summed E-state index contributed by atoms with van der Waals surface area (Å²) in [4.78, 5) is 0. The summed E-state index contributed by atoms with van der Waals surface area (Å²) in [5, 5.41) is 5.40. The summed E-state index contributed by atoms with van der Waals surface area (Å²) < 4.78 is 43.2. The van der Waals surface area contributed by atoms with E-state index >= 15 is 0 Å². The number of hydrogen-bond donors (Lipinski definition) is 1. The van der Waals surface area contributed by atoms with E-state index in [1.54, 1.807) is 12.1 Å². The topological polar surface area (TPSA) is 88.1 Å². The Balaban J connectivity index is 1.69. The second-order valence-electron chi connectivity index (χ2n) is 7.71. The molecule has 0 radical (unpaired) electrons. The normalized spacial score (nSPS) is 17.4. The molecule has 0 spiro atoms. The van der Waals surface area contributed by atoms with Crippen molar-refractivity contribution in [3.8, 4) is 0 Å². The molecule has 6 nitrogen and oxygen atoms in total. The quantitative estimate of drug-likeness (QED) is 0.300. The zero-order valence-corrected chi connectivity index (χ0v) is 19.6. The number of benzene rings is 3. The summed E-state index contributed by atoms with van der Waals surface area (Å²) in [5.41, 5.74) is 9.04. The first-order valence-corrected chi connectivity index (χ1v) is 12.3. The molecule has 1 aliphatic heterocycles. The Hall–Kier alpha value is -3.49. The average molecular weight is 497 g/mol. The number of nitrogens with two attached hydrogens (primary N) is 1. The molecule has 0 saturated heterocycles. The number of rotatable bonds is 6. The van der Waals surface area contributed by atoms with Gasteiger partial charge in [-0.25, -0.2) is 17.8 Å². The third-order valence-corrected chi connectivity index (χ3v) is 7.27. The minimum atomic E-state index is -4.15. The fourth-order valence-corrected chi connectivity index (χ4v) is 5.13. The predicted octanol–water partition coefficient (Wildman–Crippen LogP) is 4.85. The molecule has 3 aromatic carbocycles. The van der Waals surface area contributed by atoms with Crippen LogP contribution in [0.1, 0.15) is 27.9 Å². The predicted molar refractivity (Wildman–Crippen MR) is 134 cm³/mol. The first-order chi connectivity index (χ1) is 16.3. The van der Waals surface area contributed by atoms with Gasteiger partial charge in [-0.3, -0.25) is 0 Å². The maximum absolute atomic E-state index is 13.3. The van der Waals surface area contributed by atoms with E-state index in [0.29, 0.717) is 17.1 Å². The lowest BCUT2D eigenvalue weighted by Crippen LogP contribution is -2.34. The van der Waals surface area contributed by atoms with Crippen LogP contribution in [-0.2, 0) is 10.0 Å². The molecule has 1 heterocycles. The van der Waals surface area contributed by atoms with Gasteiger partial charge in [-0.2, -0.15) is 5.10 Å². The summed E-state index contributed by atoms with van der Waals surface area (Å²) in [5.74, 6) is -0.898. The molecule has 2 atom stereocenters. The van der Waals surface area contributed by atoms with Crippen LogP contribution in [0.4, 0.5) is 4.39 Å². The van der Waals surface area contributed by atoms with Crippen molar-refractivity contribution < 1.29 is 12.8 Å². The van der Waals surface area contributed by atoms with E-state index < -0.39 is 21.1 Å². The molecule has 0 bridgehead atoms. The smallest absolute Gasteiger partial charge is 0.267 e. The van der Waals surface area contributed by atoms with E-state index in [-0.39, 0.29) is 11.9 Å². The largest absolute Gasteiger partial charge is 0.367 e. The third kappa shape index (κ3) is 5.03. The first-order valence-electron chi connectivity index (χ1n) is 10.4. The highest BCUT2D eigenvalue weighted by Crippen LogP contribution is 2.30. The second-order valence-corrected chi connectivity index (χ2v) is 9.87. The maximum Gasteiger partial charge on any atom is 0.267 e. The van der Waals surface area contributed by atoms with Crippen molar-refractivity contribution in [1.82, 2.24) is 5.01 Å². The summed E-state index contributed by atoms with van der Waals surface area (Å²) in [6.07, 6.45) is 1.23. The van der Waals surface area contributed by atoms with E-state index in [1.165, 1.54) is 35.4 Å². The number of hydrazone groups is 1. The highest BCUT2D eigenvalue weighted by Gasteiger charge is 2.32. The molecule has 174 valence electrons. The zero-order valence-electron chi connectivity index (χ0n) is 18.1. The molecule has 34 heavy (non-hydrogen) atoms. The lowest BCUT2D eigenvalue weighted by molar-refractivity contribution is 0.470. The number of sulfonamides is 1. The molecular weight excluding hydrogens is 475 g/mol. The number of nitrogens with zero attached hydrogens (tertiary/aromatic N) is 3. The van der Waals surface area contributed by atoms with Crippen LogP contribution in [0, 0.1) is 5.82 Å². The van der Waals surface area contributed by atoms with Crippen LogP contribution in [0.5, 0.6) is 0 Å². The van der Waals surface area contributed by atoms with Gasteiger partial charge >= 0.3 is 0 Å². The average Bonchev–Trinajstić information content (AvgIpc) is 3.27. The SMILES string of the molecule is C=CC(c1ccc(F)cc1)S(=O)(=O)N=C(N)N1CC(c2ccccc2)C(c2ccc(Cl)cc2)=N1. The van der Waals surface area contributed by atoms with Gasteiger partial charge in [0.1, 0.15) is 11.1 Å². The van der Waals surface area contributed by atoms with Crippen molar-refractivity contribution in [3.63, 3.8) is 0 Å². The monoisotopic (exact) mass is 496 g/mol. The summed E-state index contributed by atoms with van der Waals surface area (Å²) in [6.45, 7) is 3.91. The van der Waals surface area contributed by atoms with Gasteiger partial charge in [0.2, 0.25) is 5.96 Å². The third-order valence-electron chi connectivity index (χ3n) is 5.47. The highest BCUT2D eigenvalue weighted by atomic mass is 35.5. The van der Waals surface area contributed by atoms with E-state index in [9.17, 15) is 12.8 Å². The lowest BCUT2D eigenvalue weighted by atomic mass is 9.91. The molecule has 0 aromatic heterocycles. The molecule has 0 aliphatic carbocycles. The van der Waals surface area contributed by atoms with Gasteiger partial charge in [-0.15, -0.1) is 11.0 Å². The van der Waals surface area contributed by atoms with Crippen LogP contribution in [0.25, 0.3) is 0 Å². The molecule has 9 heteroatoms. The highest BCUT2D eigenvalue weighted by molar-refractivity contribution is 7.90. The standard InChI is InChI=1S/C25H22ClFN4O2S/c1-2-23(18-10-14-21(27)15-11-18)34(32,33)30-25(28)31-16-22(17-6-4-3-5-7-17)24(29-31)19-8-12-20(26)13-9-19/h2-15,22-23H,1,16H2,(H2,28,30). The lowest BCUT2D eigenvalue weighted by Gasteiger charge is -2.17. The van der Waals surface area contributed by atoms with Crippen molar-refractivity contribution in [2.24, 2.45) is 15.2 Å². The summed E-state index contributed by atoms with van der Waals surface area (Å²) in [6, 6.07) is 22.1. The van der Waals surface area contributed by atoms with Gasteiger partial charge in [0, 0.05) is 10.9 Å². The first kappa shape index (κ1) is 23.7. The Labute approximate surface area is 202 Å². The fourth-order valence-electron chi connectivity index (χ4n) is 3.79. The number of guanidine groups is 1. The Bertz CT molecular complexity index is 1340. The van der Waals surface area contributed by atoms with Crippen LogP contribution < -0.4 is 5.73 Å². The van der Waals surface area contributed by atoms with Crippen molar-refractivity contribution in [2.45, 2.75) is 11.2 Å². The Morgan fingerprint density at radius 2 is 1.76 bits per heavy atom. The van der Waals surface area contributed by atoms with Crippen LogP contribution in [0.3, 0.4) is 0 Å². The van der Waals surface area contributed by atoms with Gasteiger partial charge in [0.05, 0.1) is 12.3 Å². The van der Waals surface area contributed by atoms with Crippen LogP contribution in [0.2, 0.25) is 5.02 Å². The van der Waals surface area contributed by atoms with Crippen LogP contribution >= 0.6 is 11.6 Å². The Morgan fingerprint density at radius 1 is 1.12 bits per heavy atom. The van der Waals surface area contributed by atoms with Gasteiger partial charge < -0.3 is 5.73 Å². The van der Waals surface area contributed by atoms with Gasteiger partial charge in [0.25, 0.3) is 10.0 Å². The minimum absolute atomic E-state index is 0.161. The van der Waals surface area contributed by atoms with Gasteiger partial charge in [-0.05, 0) is 41.0 Å². The molecule has 2 unspecified atom stereocenters. The molecule has 0 saturated carbocycles. The zero-order chi connectivity index (χ0) is 24.3. The van der Waals surface area contributed by atoms with Crippen molar-refractivity contribution >= 4 is 33.3 Å².